The first-order valence-electron chi connectivity index (χ1n) is 12.4. The van der Waals surface area contributed by atoms with E-state index in [-0.39, 0.29) is 5.91 Å². The van der Waals surface area contributed by atoms with Gasteiger partial charge in [0.2, 0.25) is 0 Å². The second kappa shape index (κ2) is 11.4. The van der Waals surface area contributed by atoms with Gasteiger partial charge in [-0.25, -0.2) is 0 Å². The molecule has 37 heavy (non-hydrogen) atoms. The molecule has 7 heteroatoms. The first-order valence-corrected chi connectivity index (χ1v) is 13.4. The summed E-state index contributed by atoms with van der Waals surface area (Å²) < 4.78 is 2.22. The monoisotopic (exact) mass is 507 g/mol. The van der Waals surface area contributed by atoms with Crippen LogP contribution in [0, 0.1) is 5.92 Å². The Kier molecular flexibility index (Phi) is 7.61. The maximum atomic E-state index is 12.8. The van der Waals surface area contributed by atoms with E-state index in [0.29, 0.717) is 11.5 Å². The summed E-state index contributed by atoms with van der Waals surface area (Å²) in [6, 6.07) is 27.7. The van der Waals surface area contributed by atoms with Crippen molar-refractivity contribution in [1.29, 1.82) is 0 Å². The van der Waals surface area contributed by atoms with Gasteiger partial charge < -0.3 is 9.88 Å². The molecule has 2 heterocycles. The van der Waals surface area contributed by atoms with Crippen molar-refractivity contribution in [2.45, 2.75) is 37.7 Å². The Hall–Kier alpha value is -3.97. The maximum absolute atomic E-state index is 12.8. The Morgan fingerprint density at radius 2 is 1.73 bits per heavy atom. The van der Waals surface area contributed by atoms with Gasteiger partial charge in [-0.15, -0.1) is 10.2 Å². The zero-order valence-corrected chi connectivity index (χ0v) is 21.8. The molecule has 5 aromatic rings. The van der Waals surface area contributed by atoms with Crippen LogP contribution in [0.25, 0.3) is 10.9 Å². The second-order valence-electron chi connectivity index (χ2n) is 9.42. The molecule has 3 aromatic carbocycles. The lowest BCUT2D eigenvalue weighted by Crippen LogP contribution is -2.11. The van der Waals surface area contributed by atoms with E-state index in [9.17, 15) is 4.79 Å². The van der Waals surface area contributed by atoms with E-state index in [1.165, 1.54) is 5.56 Å². The molecule has 6 nitrogen and oxygen atoms in total. The molecule has 0 bridgehead atoms. The van der Waals surface area contributed by atoms with Gasteiger partial charge in [-0.3, -0.25) is 9.78 Å². The summed E-state index contributed by atoms with van der Waals surface area (Å²) in [4.78, 5) is 17.1. The van der Waals surface area contributed by atoms with Gasteiger partial charge in [0.25, 0.3) is 5.91 Å². The maximum Gasteiger partial charge on any atom is 0.255 e. The summed E-state index contributed by atoms with van der Waals surface area (Å²) in [6.07, 6.45) is 2.65. The predicted octanol–water partition coefficient (Wildman–Crippen LogP) is 6.62. The van der Waals surface area contributed by atoms with Crippen LogP contribution in [0.1, 0.15) is 41.2 Å². The lowest BCUT2D eigenvalue weighted by Gasteiger charge is -2.12. The third-order valence-corrected chi connectivity index (χ3v) is 7.05. The lowest BCUT2D eigenvalue weighted by atomic mass is 10.1. The molecular weight excluding hydrogens is 478 g/mol. The molecule has 0 radical (unpaired) electrons. The number of thioether (sulfide) groups is 1. The van der Waals surface area contributed by atoms with E-state index in [1.54, 1.807) is 18.0 Å². The van der Waals surface area contributed by atoms with Gasteiger partial charge >= 0.3 is 0 Å². The fourth-order valence-corrected chi connectivity index (χ4v) is 5.04. The van der Waals surface area contributed by atoms with Crippen LogP contribution in [0.15, 0.2) is 96.3 Å². The summed E-state index contributed by atoms with van der Waals surface area (Å²) >= 11 is 1.67. The molecule has 0 atom stereocenters. The Morgan fingerprint density at radius 3 is 2.51 bits per heavy atom. The Balaban J connectivity index is 1.25. The number of carbonyl (C=O) groups excluding carboxylic acids is 1. The van der Waals surface area contributed by atoms with Crippen molar-refractivity contribution in [3.8, 4) is 0 Å². The molecule has 0 saturated heterocycles. The smallest absolute Gasteiger partial charge is 0.255 e. The van der Waals surface area contributed by atoms with Gasteiger partial charge in [0.15, 0.2) is 5.16 Å². The van der Waals surface area contributed by atoms with E-state index < -0.39 is 0 Å². The van der Waals surface area contributed by atoms with Crippen molar-refractivity contribution in [2.75, 3.05) is 5.32 Å². The standard InChI is InChI=1S/C30H29N5OS/c1-21(2)17-28-33-34-30(35(28)19-22-7-4-3-5-8-22)37-20-23-10-12-24(13-11-23)29(36)32-26-14-15-27-25(18-26)9-6-16-31-27/h3-16,18,21H,17,19-20H2,1-2H3,(H,32,36). The minimum Gasteiger partial charge on any atom is -0.322 e. The number of benzene rings is 3. The van der Waals surface area contributed by atoms with Crippen LogP contribution in [0.2, 0.25) is 0 Å². The van der Waals surface area contributed by atoms with Gasteiger partial charge in [0.1, 0.15) is 5.82 Å². The number of hydrogen-bond acceptors (Lipinski definition) is 5. The first kappa shape index (κ1) is 24.7. The van der Waals surface area contributed by atoms with Crippen molar-refractivity contribution in [1.82, 2.24) is 19.7 Å². The molecule has 0 spiro atoms. The number of rotatable bonds is 9. The van der Waals surface area contributed by atoms with Crippen molar-refractivity contribution in [3.05, 3.63) is 114 Å². The predicted molar refractivity (Wildman–Crippen MR) is 150 cm³/mol. The number of fused-ring (bicyclic) bond motifs is 1. The number of pyridine rings is 1. The summed E-state index contributed by atoms with van der Waals surface area (Å²) in [5, 5.41) is 13.9. The summed E-state index contributed by atoms with van der Waals surface area (Å²) in [5.74, 6) is 2.12. The zero-order chi connectivity index (χ0) is 25.6. The number of hydrogen-bond donors (Lipinski definition) is 1. The fourth-order valence-electron chi connectivity index (χ4n) is 4.12. The highest BCUT2D eigenvalue weighted by molar-refractivity contribution is 7.98. The minimum atomic E-state index is -0.136. The molecule has 0 aliphatic carbocycles. The molecule has 5 rings (SSSR count). The van der Waals surface area contributed by atoms with E-state index in [2.05, 4.69) is 63.2 Å². The van der Waals surface area contributed by atoms with E-state index in [0.717, 1.165) is 51.9 Å². The quantitative estimate of drug-likeness (QED) is 0.227. The molecule has 186 valence electrons. The molecule has 0 saturated carbocycles. The Bertz CT molecular complexity index is 1500. The van der Waals surface area contributed by atoms with Gasteiger partial charge in [-0.1, -0.05) is 74.1 Å². The van der Waals surface area contributed by atoms with Crippen LogP contribution >= 0.6 is 11.8 Å². The number of nitrogens with zero attached hydrogens (tertiary/aromatic N) is 4. The molecule has 0 aliphatic rings. The van der Waals surface area contributed by atoms with Gasteiger partial charge in [-0.05, 0) is 53.4 Å². The minimum absolute atomic E-state index is 0.136. The molecule has 1 N–H and O–H groups in total. The average Bonchev–Trinajstić information content (AvgIpc) is 3.28. The van der Waals surface area contributed by atoms with Crippen LogP contribution in [0.3, 0.4) is 0 Å². The summed E-state index contributed by atoms with van der Waals surface area (Å²) in [5.41, 5.74) is 4.62. The third kappa shape index (κ3) is 6.24. The number of aromatic nitrogens is 4. The first-order chi connectivity index (χ1) is 18.0. The van der Waals surface area contributed by atoms with Crippen LogP contribution in [0.5, 0.6) is 0 Å². The van der Waals surface area contributed by atoms with Crippen LogP contribution < -0.4 is 5.32 Å². The van der Waals surface area contributed by atoms with Crippen molar-refractivity contribution >= 4 is 34.3 Å². The highest BCUT2D eigenvalue weighted by Gasteiger charge is 2.15. The number of carbonyl (C=O) groups is 1. The number of anilines is 1. The van der Waals surface area contributed by atoms with E-state index >= 15 is 0 Å². The number of nitrogens with one attached hydrogen (secondary N) is 1. The third-order valence-electron chi connectivity index (χ3n) is 6.01. The lowest BCUT2D eigenvalue weighted by molar-refractivity contribution is 0.102. The van der Waals surface area contributed by atoms with Crippen molar-refractivity contribution in [3.63, 3.8) is 0 Å². The normalized spacial score (nSPS) is 11.2. The van der Waals surface area contributed by atoms with E-state index in [4.69, 9.17) is 0 Å². The molecule has 1 amide bonds. The fraction of sp³-hybridized carbons (Fsp3) is 0.200. The second-order valence-corrected chi connectivity index (χ2v) is 10.4. The number of amides is 1. The van der Waals surface area contributed by atoms with Crippen molar-refractivity contribution < 1.29 is 4.79 Å². The summed E-state index contributed by atoms with van der Waals surface area (Å²) in [7, 11) is 0. The highest BCUT2D eigenvalue weighted by atomic mass is 32.2. The molecule has 0 aliphatic heterocycles. The van der Waals surface area contributed by atoms with Crippen LogP contribution in [-0.2, 0) is 18.7 Å². The zero-order valence-electron chi connectivity index (χ0n) is 21.0. The molecule has 2 aromatic heterocycles. The highest BCUT2D eigenvalue weighted by Crippen LogP contribution is 2.25. The molecule has 0 fully saturated rings. The molecular formula is C30H29N5OS. The SMILES string of the molecule is CC(C)Cc1nnc(SCc2ccc(C(=O)Nc3ccc4ncccc4c3)cc2)n1Cc1ccccc1. The topological polar surface area (TPSA) is 72.7 Å². The Morgan fingerprint density at radius 1 is 0.919 bits per heavy atom. The molecule has 0 unspecified atom stereocenters. The van der Waals surface area contributed by atoms with Gasteiger partial charge in [-0.2, -0.15) is 0 Å². The van der Waals surface area contributed by atoms with Crippen LogP contribution in [0.4, 0.5) is 5.69 Å². The largest absolute Gasteiger partial charge is 0.322 e. The summed E-state index contributed by atoms with van der Waals surface area (Å²) in [6.45, 7) is 5.15. The van der Waals surface area contributed by atoms with Crippen molar-refractivity contribution in [2.24, 2.45) is 5.92 Å². The van der Waals surface area contributed by atoms with Gasteiger partial charge in [0, 0.05) is 35.0 Å². The van der Waals surface area contributed by atoms with E-state index in [1.807, 2.05) is 60.7 Å². The Labute approximate surface area is 221 Å². The van der Waals surface area contributed by atoms with Crippen LogP contribution in [-0.4, -0.2) is 25.7 Å². The average molecular weight is 508 g/mol. The van der Waals surface area contributed by atoms with Gasteiger partial charge in [0.05, 0.1) is 12.1 Å².